The Morgan fingerprint density at radius 2 is 1.96 bits per heavy atom. The molecule has 2 aromatic rings. The van der Waals surface area contributed by atoms with Gasteiger partial charge in [0.15, 0.2) is 0 Å². The van der Waals surface area contributed by atoms with E-state index in [4.69, 9.17) is 5.21 Å². The molecule has 0 aliphatic carbocycles. The predicted molar refractivity (Wildman–Crippen MR) is 110 cm³/mol. The largest absolute Gasteiger partial charge is 0.395 e. The zero-order valence-corrected chi connectivity index (χ0v) is 15.8. The first-order chi connectivity index (χ1) is 13.7. The zero-order chi connectivity index (χ0) is 19.8. The third-order valence-electron chi connectivity index (χ3n) is 5.07. The van der Waals surface area contributed by atoms with Crippen molar-refractivity contribution in [3.05, 3.63) is 71.3 Å². The highest BCUT2D eigenvalue weighted by atomic mass is 16.5. The third-order valence-corrected chi connectivity index (χ3v) is 5.07. The standard InChI is InChI=1S/C22H27N3O3/c26-14-13-25(12-11-19-15-23-21-4-2-1-3-20(19)21)16-18-7-5-17(6-8-18)9-10-22(27)24-28/h1-10,19,23,26,28H,11-16H2,(H,24,27)/b10-9+. The van der Waals surface area contributed by atoms with Crippen molar-refractivity contribution in [1.29, 1.82) is 0 Å². The van der Waals surface area contributed by atoms with Gasteiger partial charge in [-0.3, -0.25) is 14.9 Å². The molecule has 0 radical (unpaired) electrons. The van der Waals surface area contributed by atoms with Crippen molar-refractivity contribution in [2.24, 2.45) is 0 Å². The number of hydrogen-bond acceptors (Lipinski definition) is 5. The Bertz CT molecular complexity index is 805. The summed E-state index contributed by atoms with van der Waals surface area (Å²) < 4.78 is 0. The number of aliphatic hydroxyl groups is 1. The smallest absolute Gasteiger partial charge is 0.267 e. The first kappa shape index (κ1) is 20.1. The summed E-state index contributed by atoms with van der Waals surface area (Å²) >= 11 is 0. The molecule has 0 saturated carbocycles. The highest BCUT2D eigenvalue weighted by molar-refractivity contribution is 5.90. The summed E-state index contributed by atoms with van der Waals surface area (Å²) in [6, 6.07) is 16.4. The highest BCUT2D eigenvalue weighted by Gasteiger charge is 2.22. The molecule has 28 heavy (non-hydrogen) atoms. The van der Waals surface area contributed by atoms with Gasteiger partial charge in [0.2, 0.25) is 0 Å². The number of anilines is 1. The molecule has 0 fully saturated rings. The average Bonchev–Trinajstić information content (AvgIpc) is 3.14. The fraction of sp³-hybridized carbons (Fsp3) is 0.318. The van der Waals surface area contributed by atoms with Gasteiger partial charge in [0, 0.05) is 37.3 Å². The fourth-order valence-corrected chi connectivity index (χ4v) is 3.57. The Labute approximate surface area is 165 Å². The molecular formula is C22H27N3O3. The minimum atomic E-state index is -0.554. The predicted octanol–water partition coefficient (Wildman–Crippen LogP) is 2.60. The number of hydroxylamine groups is 1. The van der Waals surface area contributed by atoms with Crippen LogP contribution in [-0.2, 0) is 11.3 Å². The lowest BCUT2D eigenvalue weighted by molar-refractivity contribution is -0.124. The topological polar surface area (TPSA) is 84.8 Å². The van der Waals surface area contributed by atoms with Crippen molar-refractivity contribution in [3.8, 4) is 0 Å². The van der Waals surface area contributed by atoms with E-state index in [-0.39, 0.29) is 6.61 Å². The number of aliphatic hydroxyl groups excluding tert-OH is 1. The van der Waals surface area contributed by atoms with Gasteiger partial charge in [-0.1, -0.05) is 42.5 Å². The molecule has 6 heteroatoms. The van der Waals surface area contributed by atoms with Crippen LogP contribution < -0.4 is 10.8 Å². The molecule has 1 atom stereocenters. The summed E-state index contributed by atoms with van der Waals surface area (Å²) in [7, 11) is 0. The molecule has 3 rings (SSSR count). The molecule has 1 heterocycles. The molecule has 2 aromatic carbocycles. The Balaban J connectivity index is 1.56. The van der Waals surface area contributed by atoms with Crippen LogP contribution in [0.4, 0.5) is 5.69 Å². The lowest BCUT2D eigenvalue weighted by Crippen LogP contribution is -2.28. The number of hydrogen-bond donors (Lipinski definition) is 4. The molecule has 6 nitrogen and oxygen atoms in total. The molecular weight excluding hydrogens is 354 g/mol. The van der Waals surface area contributed by atoms with E-state index >= 15 is 0 Å². The molecule has 0 aromatic heterocycles. The molecule has 148 valence electrons. The number of nitrogens with one attached hydrogen (secondary N) is 2. The fourth-order valence-electron chi connectivity index (χ4n) is 3.57. The summed E-state index contributed by atoms with van der Waals surface area (Å²) in [5.41, 5.74) is 6.23. The monoisotopic (exact) mass is 381 g/mol. The van der Waals surface area contributed by atoms with Gasteiger partial charge in [-0.2, -0.15) is 0 Å². The summed E-state index contributed by atoms with van der Waals surface area (Å²) in [4.78, 5) is 13.3. The SMILES string of the molecule is O=C(/C=C/c1ccc(CN(CCO)CCC2CNc3ccccc32)cc1)NO. The molecule has 1 amide bonds. The van der Waals surface area contributed by atoms with E-state index in [1.807, 2.05) is 24.3 Å². The average molecular weight is 381 g/mol. The zero-order valence-electron chi connectivity index (χ0n) is 15.8. The Morgan fingerprint density at radius 1 is 1.18 bits per heavy atom. The van der Waals surface area contributed by atoms with E-state index in [0.717, 1.165) is 37.2 Å². The second-order valence-corrected chi connectivity index (χ2v) is 7.00. The van der Waals surface area contributed by atoms with Gasteiger partial charge in [-0.25, -0.2) is 5.48 Å². The van der Waals surface area contributed by atoms with Crippen molar-refractivity contribution in [3.63, 3.8) is 0 Å². The van der Waals surface area contributed by atoms with E-state index < -0.39 is 5.91 Å². The van der Waals surface area contributed by atoms with E-state index in [1.54, 1.807) is 11.6 Å². The number of fused-ring (bicyclic) bond motifs is 1. The normalized spacial score (nSPS) is 15.6. The summed E-state index contributed by atoms with van der Waals surface area (Å²) in [6.45, 7) is 3.43. The van der Waals surface area contributed by atoms with E-state index in [9.17, 15) is 9.90 Å². The van der Waals surface area contributed by atoms with Gasteiger partial charge >= 0.3 is 0 Å². The number of benzene rings is 2. The van der Waals surface area contributed by atoms with Gasteiger partial charge in [0.05, 0.1) is 6.61 Å². The first-order valence-electron chi connectivity index (χ1n) is 9.56. The van der Waals surface area contributed by atoms with Crippen LogP contribution in [-0.4, -0.2) is 47.4 Å². The number of rotatable bonds is 9. The lowest BCUT2D eigenvalue weighted by Gasteiger charge is -2.23. The molecule has 0 bridgehead atoms. The van der Waals surface area contributed by atoms with Gasteiger partial charge < -0.3 is 10.4 Å². The quantitative estimate of drug-likeness (QED) is 0.305. The van der Waals surface area contributed by atoms with Crippen LogP contribution in [0.2, 0.25) is 0 Å². The van der Waals surface area contributed by atoms with Crippen LogP contribution in [0.3, 0.4) is 0 Å². The van der Waals surface area contributed by atoms with E-state index in [0.29, 0.717) is 12.5 Å². The van der Waals surface area contributed by atoms with E-state index in [1.165, 1.54) is 17.3 Å². The van der Waals surface area contributed by atoms with E-state index in [2.05, 4.69) is 34.5 Å². The minimum Gasteiger partial charge on any atom is -0.395 e. The molecule has 1 aliphatic rings. The summed E-state index contributed by atoms with van der Waals surface area (Å²) in [6.07, 6.45) is 3.97. The molecule has 0 saturated heterocycles. The highest BCUT2D eigenvalue weighted by Crippen LogP contribution is 2.33. The molecule has 1 aliphatic heterocycles. The molecule has 4 N–H and O–H groups in total. The van der Waals surface area contributed by atoms with Crippen LogP contribution in [0.1, 0.15) is 29.0 Å². The van der Waals surface area contributed by atoms with Crippen LogP contribution >= 0.6 is 0 Å². The van der Waals surface area contributed by atoms with Crippen LogP contribution in [0, 0.1) is 0 Å². The maximum atomic E-state index is 11.0. The van der Waals surface area contributed by atoms with Crippen molar-refractivity contribution in [2.45, 2.75) is 18.9 Å². The Kier molecular flexibility index (Phi) is 7.19. The Morgan fingerprint density at radius 3 is 2.71 bits per heavy atom. The van der Waals surface area contributed by atoms with Gasteiger partial charge in [0.1, 0.15) is 0 Å². The lowest BCUT2D eigenvalue weighted by atomic mass is 9.97. The van der Waals surface area contributed by atoms with Crippen LogP contribution in [0.15, 0.2) is 54.6 Å². The minimum absolute atomic E-state index is 0.136. The molecule has 0 spiro atoms. The van der Waals surface area contributed by atoms with Gasteiger partial charge in [-0.05, 0) is 41.8 Å². The first-order valence-corrected chi connectivity index (χ1v) is 9.56. The van der Waals surface area contributed by atoms with Crippen molar-refractivity contribution < 1.29 is 15.1 Å². The summed E-state index contributed by atoms with van der Waals surface area (Å²) in [5, 5.41) is 21.4. The second kappa shape index (κ2) is 10.0. The number of para-hydroxylation sites is 1. The maximum Gasteiger partial charge on any atom is 0.267 e. The maximum absolute atomic E-state index is 11.0. The van der Waals surface area contributed by atoms with Gasteiger partial charge in [-0.15, -0.1) is 0 Å². The Hall–Kier alpha value is -2.67. The summed E-state index contributed by atoms with van der Waals surface area (Å²) in [5.74, 6) is -0.0521. The number of carbonyl (C=O) groups excluding carboxylic acids is 1. The second-order valence-electron chi connectivity index (χ2n) is 7.00. The van der Waals surface area contributed by atoms with Crippen molar-refractivity contribution in [2.75, 3.05) is 31.6 Å². The van der Waals surface area contributed by atoms with Gasteiger partial charge in [0.25, 0.3) is 5.91 Å². The number of amides is 1. The van der Waals surface area contributed by atoms with Crippen molar-refractivity contribution in [1.82, 2.24) is 10.4 Å². The van der Waals surface area contributed by atoms with Crippen LogP contribution in [0.25, 0.3) is 6.08 Å². The van der Waals surface area contributed by atoms with Crippen molar-refractivity contribution >= 4 is 17.7 Å². The number of carbonyl (C=O) groups is 1. The van der Waals surface area contributed by atoms with Crippen LogP contribution in [0.5, 0.6) is 0 Å². The third kappa shape index (κ3) is 5.42. The molecule has 1 unspecified atom stereocenters. The number of nitrogens with zero attached hydrogens (tertiary/aromatic N) is 1.